The van der Waals surface area contributed by atoms with Crippen LogP contribution >= 0.6 is 28.1 Å². The minimum atomic E-state index is 0.523. The predicted molar refractivity (Wildman–Crippen MR) is 95.3 cm³/mol. The summed E-state index contributed by atoms with van der Waals surface area (Å²) in [7, 11) is 0. The van der Waals surface area contributed by atoms with Gasteiger partial charge in [-0.05, 0) is 35.5 Å². The fraction of sp³-hybridized carbons (Fsp3) is 0.0625. The maximum Gasteiger partial charge on any atom is 0.185 e. The van der Waals surface area contributed by atoms with E-state index in [1.807, 2.05) is 54.6 Å². The highest BCUT2D eigenvalue weighted by atomic mass is 79.9. The van der Waals surface area contributed by atoms with Gasteiger partial charge in [-0.25, -0.2) is 0 Å². The third-order valence-corrected chi connectivity index (χ3v) is 3.54. The lowest BCUT2D eigenvalue weighted by molar-refractivity contribution is 0.789. The van der Waals surface area contributed by atoms with Crippen molar-refractivity contribution in [3.8, 4) is 0 Å². The van der Waals surface area contributed by atoms with Gasteiger partial charge < -0.3 is 5.32 Å². The molecule has 0 bridgehead atoms. The van der Waals surface area contributed by atoms with Gasteiger partial charge in [0, 0.05) is 11.0 Å². The van der Waals surface area contributed by atoms with E-state index in [0.717, 1.165) is 15.7 Å². The number of hydrazine groups is 1. The molecule has 0 saturated heterocycles. The molecule has 0 aliphatic carbocycles. The van der Waals surface area contributed by atoms with Gasteiger partial charge in [0.05, 0.1) is 5.70 Å². The summed E-state index contributed by atoms with van der Waals surface area (Å²) < 4.78 is 1.01. The van der Waals surface area contributed by atoms with E-state index in [9.17, 15) is 0 Å². The smallest absolute Gasteiger partial charge is 0.185 e. The van der Waals surface area contributed by atoms with Crippen LogP contribution in [0.5, 0.6) is 0 Å². The second-order valence-corrected chi connectivity index (χ2v) is 5.73. The Balaban J connectivity index is 1.77. The third-order valence-electron chi connectivity index (χ3n) is 2.80. The average Bonchev–Trinajstić information content (AvgIpc) is 2.51. The van der Waals surface area contributed by atoms with Crippen LogP contribution in [-0.4, -0.2) is 5.11 Å². The largest absolute Gasteiger partial charge is 0.357 e. The molecule has 0 spiro atoms. The first kappa shape index (κ1) is 15.5. The van der Waals surface area contributed by atoms with Gasteiger partial charge in [0.15, 0.2) is 5.11 Å². The molecule has 3 nitrogen and oxygen atoms in total. The molecule has 0 heterocycles. The monoisotopic (exact) mass is 361 g/mol. The molecule has 0 aliphatic rings. The van der Waals surface area contributed by atoms with Crippen LogP contribution in [0.25, 0.3) is 5.70 Å². The van der Waals surface area contributed by atoms with E-state index in [-0.39, 0.29) is 0 Å². The van der Waals surface area contributed by atoms with E-state index in [1.165, 1.54) is 5.56 Å². The summed E-state index contributed by atoms with van der Waals surface area (Å²) in [5, 5.41) is 3.65. The number of halogens is 1. The normalized spacial score (nSPS) is 9.76. The van der Waals surface area contributed by atoms with Crippen molar-refractivity contribution in [3.05, 3.63) is 76.8 Å². The summed E-state index contributed by atoms with van der Waals surface area (Å²) in [5.41, 5.74) is 8.83. The van der Waals surface area contributed by atoms with Crippen molar-refractivity contribution in [2.24, 2.45) is 0 Å². The molecule has 2 aromatic rings. The van der Waals surface area contributed by atoms with E-state index < -0.39 is 0 Å². The Bertz CT molecular complexity index is 628. The van der Waals surface area contributed by atoms with Gasteiger partial charge in [-0.3, -0.25) is 10.9 Å². The predicted octanol–water partition coefficient (Wildman–Crippen LogP) is 3.59. The Morgan fingerprint density at radius 2 is 1.81 bits per heavy atom. The Hall–Kier alpha value is -1.85. The quantitative estimate of drug-likeness (QED) is 0.561. The average molecular weight is 362 g/mol. The van der Waals surface area contributed by atoms with Crippen LogP contribution in [0.1, 0.15) is 11.1 Å². The van der Waals surface area contributed by atoms with Gasteiger partial charge in [0.2, 0.25) is 0 Å². The highest BCUT2D eigenvalue weighted by Gasteiger charge is 2.00. The first-order valence-corrected chi connectivity index (χ1v) is 7.64. The summed E-state index contributed by atoms with van der Waals surface area (Å²) in [5.74, 6) is 0. The van der Waals surface area contributed by atoms with Gasteiger partial charge in [-0.2, -0.15) is 0 Å². The highest BCUT2D eigenvalue weighted by Crippen LogP contribution is 2.15. The molecule has 3 N–H and O–H groups in total. The summed E-state index contributed by atoms with van der Waals surface area (Å²) in [6.45, 7) is 4.65. The second-order valence-electron chi connectivity index (χ2n) is 4.41. The number of benzene rings is 2. The zero-order valence-corrected chi connectivity index (χ0v) is 13.8. The molecule has 2 rings (SSSR count). The number of thiocarbonyl (C=S) groups is 1. The topological polar surface area (TPSA) is 36.1 Å². The summed E-state index contributed by atoms with van der Waals surface area (Å²) in [6.07, 6.45) is 0. The lowest BCUT2D eigenvalue weighted by Gasteiger charge is -2.14. The molecule has 0 amide bonds. The van der Waals surface area contributed by atoms with Crippen LogP contribution in [0.15, 0.2) is 65.6 Å². The van der Waals surface area contributed by atoms with Crippen molar-refractivity contribution >= 4 is 39.0 Å². The first-order valence-electron chi connectivity index (χ1n) is 6.44. The third kappa shape index (κ3) is 5.21. The van der Waals surface area contributed by atoms with Crippen LogP contribution < -0.4 is 16.2 Å². The molecule has 21 heavy (non-hydrogen) atoms. The number of nitrogens with one attached hydrogen (secondary N) is 3. The van der Waals surface area contributed by atoms with Crippen LogP contribution in [0.2, 0.25) is 0 Å². The zero-order chi connectivity index (χ0) is 15.1. The van der Waals surface area contributed by atoms with Crippen molar-refractivity contribution in [2.75, 3.05) is 0 Å². The maximum atomic E-state index is 5.21. The Morgan fingerprint density at radius 3 is 2.52 bits per heavy atom. The van der Waals surface area contributed by atoms with Crippen LogP contribution in [-0.2, 0) is 6.54 Å². The standard InChI is InChI=1S/C16H16BrN3S/c1-12(14-8-5-9-15(17)10-14)19-20-16(21)18-11-13-6-3-2-4-7-13/h2-10,19H,1,11H2,(H2,18,20,21). The lowest BCUT2D eigenvalue weighted by atomic mass is 10.2. The van der Waals surface area contributed by atoms with Crippen LogP contribution in [0.4, 0.5) is 0 Å². The molecule has 0 aliphatic heterocycles. The second kappa shape index (κ2) is 7.81. The minimum absolute atomic E-state index is 0.523. The Kier molecular flexibility index (Phi) is 5.78. The highest BCUT2D eigenvalue weighted by molar-refractivity contribution is 9.10. The van der Waals surface area contributed by atoms with Crippen LogP contribution in [0, 0.1) is 0 Å². The van der Waals surface area contributed by atoms with Crippen LogP contribution in [0.3, 0.4) is 0 Å². The molecule has 0 radical (unpaired) electrons. The van der Waals surface area contributed by atoms with Gasteiger partial charge in [-0.15, -0.1) is 0 Å². The van der Waals surface area contributed by atoms with Gasteiger partial charge in [-0.1, -0.05) is 65.0 Å². The molecule has 0 unspecified atom stereocenters. The molecule has 0 fully saturated rings. The summed E-state index contributed by atoms with van der Waals surface area (Å²) >= 11 is 8.65. The zero-order valence-electron chi connectivity index (χ0n) is 11.4. The van der Waals surface area contributed by atoms with Crippen molar-refractivity contribution < 1.29 is 0 Å². The molecular formula is C16H16BrN3S. The maximum absolute atomic E-state index is 5.21. The molecule has 108 valence electrons. The Labute approximate surface area is 138 Å². The van der Waals surface area contributed by atoms with Gasteiger partial charge in [0.1, 0.15) is 0 Å². The van der Waals surface area contributed by atoms with Gasteiger partial charge >= 0.3 is 0 Å². The number of hydrogen-bond donors (Lipinski definition) is 3. The molecule has 0 aromatic heterocycles. The Morgan fingerprint density at radius 1 is 1.05 bits per heavy atom. The van der Waals surface area contributed by atoms with Crippen molar-refractivity contribution in [1.82, 2.24) is 16.2 Å². The number of hydrogen-bond acceptors (Lipinski definition) is 2. The molecule has 2 aromatic carbocycles. The van der Waals surface area contributed by atoms with E-state index >= 15 is 0 Å². The fourth-order valence-corrected chi connectivity index (χ4v) is 2.23. The molecule has 5 heteroatoms. The fourth-order valence-electron chi connectivity index (χ4n) is 1.70. The van der Waals surface area contributed by atoms with Crippen molar-refractivity contribution in [3.63, 3.8) is 0 Å². The molecule has 0 saturated carbocycles. The van der Waals surface area contributed by atoms with E-state index in [0.29, 0.717) is 11.7 Å². The lowest BCUT2D eigenvalue weighted by Crippen LogP contribution is -2.42. The summed E-state index contributed by atoms with van der Waals surface area (Å²) in [6, 6.07) is 18.0. The number of rotatable bonds is 5. The van der Waals surface area contributed by atoms with Crippen molar-refractivity contribution in [1.29, 1.82) is 0 Å². The van der Waals surface area contributed by atoms with Gasteiger partial charge in [0.25, 0.3) is 0 Å². The SMILES string of the molecule is C=C(NNC(=S)NCc1ccccc1)c1cccc(Br)c1. The molecular weight excluding hydrogens is 346 g/mol. The minimum Gasteiger partial charge on any atom is -0.357 e. The van der Waals surface area contributed by atoms with E-state index in [2.05, 4.69) is 38.7 Å². The van der Waals surface area contributed by atoms with E-state index in [4.69, 9.17) is 12.2 Å². The van der Waals surface area contributed by atoms with E-state index in [1.54, 1.807) is 0 Å². The summed E-state index contributed by atoms with van der Waals surface area (Å²) in [4.78, 5) is 0. The molecule has 0 atom stereocenters. The van der Waals surface area contributed by atoms with Crippen molar-refractivity contribution in [2.45, 2.75) is 6.54 Å². The first-order chi connectivity index (χ1) is 10.1.